The van der Waals surface area contributed by atoms with Crippen LogP contribution in [-0.4, -0.2) is 58.5 Å². The average molecular weight is 334 g/mol. The Bertz CT molecular complexity index is 565. The summed E-state index contributed by atoms with van der Waals surface area (Å²) in [7, 11) is 0. The van der Waals surface area contributed by atoms with Gasteiger partial charge in [0.25, 0.3) is 0 Å². The van der Waals surface area contributed by atoms with E-state index in [0.29, 0.717) is 12.6 Å². The molecule has 2 atom stereocenters. The van der Waals surface area contributed by atoms with E-state index in [0.717, 1.165) is 43.9 Å². The van der Waals surface area contributed by atoms with Gasteiger partial charge in [0.15, 0.2) is 0 Å². The van der Waals surface area contributed by atoms with Crippen LogP contribution in [0.1, 0.15) is 44.0 Å². The Morgan fingerprint density at radius 3 is 2.83 bits per heavy atom. The van der Waals surface area contributed by atoms with E-state index in [-0.39, 0.29) is 18.1 Å². The number of rotatable bonds is 5. The van der Waals surface area contributed by atoms with Crippen LogP contribution in [-0.2, 0) is 16.1 Å². The predicted molar refractivity (Wildman–Crippen MR) is 92.9 cm³/mol. The number of aromatic nitrogens is 2. The van der Waals surface area contributed by atoms with Gasteiger partial charge in [0.1, 0.15) is 0 Å². The molecule has 2 heterocycles. The summed E-state index contributed by atoms with van der Waals surface area (Å²) >= 11 is 0. The maximum absolute atomic E-state index is 12.5. The van der Waals surface area contributed by atoms with Crippen LogP contribution < -0.4 is 5.32 Å². The Labute approximate surface area is 144 Å². The minimum Gasteiger partial charge on any atom is -0.374 e. The van der Waals surface area contributed by atoms with Crippen molar-refractivity contribution in [3.63, 3.8) is 0 Å². The van der Waals surface area contributed by atoms with Gasteiger partial charge >= 0.3 is 0 Å². The van der Waals surface area contributed by atoms with Gasteiger partial charge in [0.05, 0.1) is 31.0 Å². The van der Waals surface area contributed by atoms with Crippen LogP contribution in [0.4, 0.5) is 0 Å². The molecule has 0 spiro atoms. The summed E-state index contributed by atoms with van der Waals surface area (Å²) in [6.07, 6.45) is 4.81. The standard InChI is InChI=1S/C18H30N4O2/c1-13-10-14(2)22(20-13)12-17-11-21(8-9-24-17)15(3)18(23)19-16-6-4-5-7-16/h10,15-17H,4-9,11-12H2,1-3H3,(H,19,23). The fourth-order valence-corrected chi connectivity index (χ4v) is 3.81. The molecule has 1 amide bonds. The number of carbonyl (C=O) groups is 1. The second-order valence-corrected chi connectivity index (χ2v) is 7.26. The molecule has 0 radical (unpaired) electrons. The van der Waals surface area contributed by atoms with Crippen molar-refractivity contribution in [1.82, 2.24) is 20.0 Å². The van der Waals surface area contributed by atoms with Crippen LogP contribution in [0.25, 0.3) is 0 Å². The number of carbonyl (C=O) groups excluding carboxylic acids is 1. The summed E-state index contributed by atoms with van der Waals surface area (Å²) in [6, 6.07) is 2.36. The van der Waals surface area contributed by atoms with Crippen LogP contribution in [0.15, 0.2) is 6.07 Å². The Balaban J connectivity index is 1.54. The second-order valence-electron chi connectivity index (χ2n) is 7.26. The van der Waals surface area contributed by atoms with Gasteiger partial charge in [0.2, 0.25) is 5.91 Å². The molecule has 2 fully saturated rings. The van der Waals surface area contributed by atoms with Crippen molar-refractivity contribution < 1.29 is 9.53 Å². The molecule has 1 saturated carbocycles. The Morgan fingerprint density at radius 2 is 2.17 bits per heavy atom. The minimum atomic E-state index is -0.0996. The number of aryl methyl sites for hydroxylation is 2. The fraction of sp³-hybridized carbons (Fsp3) is 0.778. The second kappa shape index (κ2) is 7.66. The zero-order valence-corrected chi connectivity index (χ0v) is 15.1. The van der Waals surface area contributed by atoms with Crippen molar-refractivity contribution in [3.05, 3.63) is 17.5 Å². The Kier molecular flexibility index (Phi) is 5.56. The third-order valence-corrected chi connectivity index (χ3v) is 5.28. The molecule has 2 unspecified atom stereocenters. The van der Waals surface area contributed by atoms with Crippen molar-refractivity contribution in [1.29, 1.82) is 0 Å². The van der Waals surface area contributed by atoms with Crippen LogP contribution in [0, 0.1) is 13.8 Å². The number of hydrogen-bond acceptors (Lipinski definition) is 4. The SMILES string of the molecule is Cc1cc(C)n(CC2CN(C(C)C(=O)NC3CCCC3)CCO2)n1. The molecule has 2 aliphatic rings. The Hall–Kier alpha value is -1.40. The van der Waals surface area contributed by atoms with Crippen molar-refractivity contribution in [2.45, 2.75) is 71.2 Å². The largest absolute Gasteiger partial charge is 0.374 e. The highest BCUT2D eigenvalue weighted by molar-refractivity contribution is 5.81. The number of nitrogens with zero attached hydrogens (tertiary/aromatic N) is 3. The van der Waals surface area contributed by atoms with Gasteiger partial charge in [-0.05, 0) is 39.7 Å². The lowest BCUT2D eigenvalue weighted by molar-refractivity contribution is -0.130. The molecule has 1 aliphatic carbocycles. The zero-order valence-electron chi connectivity index (χ0n) is 15.1. The van der Waals surface area contributed by atoms with Crippen LogP contribution in [0.2, 0.25) is 0 Å². The summed E-state index contributed by atoms with van der Waals surface area (Å²) in [6.45, 7) is 9.09. The van der Waals surface area contributed by atoms with Gasteiger partial charge in [-0.25, -0.2) is 0 Å². The van der Waals surface area contributed by atoms with E-state index in [1.165, 1.54) is 12.8 Å². The first-order valence-corrected chi connectivity index (χ1v) is 9.20. The highest BCUT2D eigenvalue weighted by Crippen LogP contribution is 2.18. The highest BCUT2D eigenvalue weighted by atomic mass is 16.5. The minimum absolute atomic E-state index is 0.0819. The van der Waals surface area contributed by atoms with E-state index in [1.54, 1.807) is 0 Å². The molecule has 6 heteroatoms. The molecule has 6 nitrogen and oxygen atoms in total. The van der Waals surface area contributed by atoms with E-state index in [2.05, 4.69) is 28.3 Å². The molecule has 0 aromatic carbocycles. The lowest BCUT2D eigenvalue weighted by atomic mass is 10.1. The van der Waals surface area contributed by atoms with Gasteiger partial charge < -0.3 is 10.1 Å². The molecule has 3 rings (SSSR count). The summed E-state index contributed by atoms with van der Waals surface area (Å²) in [5.74, 6) is 0.161. The van der Waals surface area contributed by atoms with E-state index in [1.807, 2.05) is 18.5 Å². The summed E-state index contributed by atoms with van der Waals surface area (Å²) in [4.78, 5) is 14.7. The predicted octanol–water partition coefficient (Wildman–Crippen LogP) is 1.65. The first kappa shape index (κ1) is 17.4. The van der Waals surface area contributed by atoms with Crippen molar-refractivity contribution >= 4 is 5.91 Å². The molecule has 1 aromatic heterocycles. The number of morpholine rings is 1. The molecule has 1 aromatic rings. The first-order chi connectivity index (χ1) is 11.5. The smallest absolute Gasteiger partial charge is 0.237 e. The molecule has 0 bridgehead atoms. The molecule has 24 heavy (non-hydrogen) atoms. The average Bonchev–Trinajstić information content (AvgIpc) is 3.17. The Morgan fingerprint density at radius 1 is 1.42 bits per heavy atom. The maximum Gasteiger partial charge on any atom is 0.237 e. The van der Waals surface area contributed by atoms with Crippen molar-refractivity contribution in [2.24, 2.45) is 0 Å². The van der Waals surface area contributed by atoms with Gasteiger partial charge in [-0.1, -0.05) is 12.8 Å². The lowest BCUT2D eigenvalue weighted by Crippen LogP contribution is -2.54. The molecular formula is C18H30N4O2. The van der Waals surface area contributed by atoms with Crippen molar-refractivity contribution in [2.75, 3.05) is 19.7 Å². The highest BCUT2D eigenvalue weighted by Gasteiger charge is 2.29. The summed E-state index contributed by atoms with van der Waals surface area (Å²) < 4.78 is 7.91. The van der Waals surface area contributed by atoms with E-state index < -0.39 is 0 Å². The van der Waals surface area contributed by atoms with E-state index >= 15 is 0 Å². The fourth-order valence-electron chi connectivity index (χ4n) is 3.81. The molecule has 1 N–H and O–H groups in total. The number of amides is 1. The van der Waals surface area contributed by atoms with Crippen LogP contribution >= 0.6 is 0 Å². The first-order valence-electron chi connectivity index (χ1n) is 9.20. The molecule has 134 valence electrons. The van der Waals surface area contributed by atoms with Crippen LogP contribution in [0.5, 0.6) is 0 Å². The van der Waals surface area contributed by atoms with Crippen molar-refractivity contribution in [3.8, 4) is 0 Å². The monoisotopic (exact) mass is 334 g/mol. The van der Waals surface area contributed by atoms with E-state index in [4.69, 9.17) is 4.74 Å². The quantitative estimate of drug-likeness (QED) is 0.889. The third kappa shape index (κ3) is 4.16. The topological polar surface area (TPSA) is 59.4 Å². The normalized spacial score (nSPS) is 24.2. The maximum atomic E-state index is 12.5. The lowest BCUT2D eigenvalue weighted by Gasteiger charge is -2.36. The van der Waals surface area contributed by atoms with Gasteiger partial charge in [-0.2, -0.15) is 5.10 Å². The summed E-state index contributed by atoms with van der Waals surface area (Å²) in [5.41, 5.74) is 2.18. The van der Waals surface area contributed by atoms with Gasteiger partial charge in [-0.3, -0.25) is 14.4 Å². The van der Waals surface area contributed by atoms with Crippen LogP contribution in [0.3, 0.4) is 0 Å². The third-order valence-electron chi connectivity index (χ3n) is 5.28. The number of ether oxygens (including phenoxy) is 1. The van der Waals surface area contributed by atoms with Gasteiger partial charge in [0, 0.05) is 24.8 Å². The molecule has 1 saturated heterocycles. The number of hydrogen-bond donors (Lipinski definition) is 1. The number of nitrogens with one attached hydrogen (secondary N) is 1. The van der Waals surface area contributed by atoms with E-state index in [9.17, 15) is 4.79 Å². The summed E-state index contributed by atoms with van der Waals surface area (Å²) in [5, 5.41) is 7.73. The molecular weight excluding hydrogens is 304 g/mol. The molecule has 1 aliphatic heterocycles. The zero-order chi connectivity index (χ0) is 17.1. The van der Waals surface area contributed by atoms with Gasteiger partial charge in [-0.15, -0.1) is 0 Å².